The molecule has 1 heterocycles. The van der Waals surface area contributed by atoms with E-state index in [1.165, 1.54) is 6.42 Å². The van der Waals surface area contributed by atoms with Gasteiger partial charge in [0.05, 0.1) is 13.5 Å². The number of likely N-dealkylation sites (tertiary alicyclic amines) is 1. The number of aliphatic carboxylic acids is 1. The number of nitrogens with zero attached hydrogens (tertiary/aromatic N) is 1. The summed E-state index contributed by atoms with van der Waals surface area (Å²) in [5, 5.41) is 9.17. The van der Waals surface area contributed by atoms with E-state index in [9.17, 15) is 9.90 Å². The molecule has 1 atom stereocenters. The molecule has 0 radical (unpaired) electrons. The standard InChI is InChI=1S/C15H21NO3/c1-19-14-8-4-3-7-12(14)13(11-15(17)18)16-9-5-2-6-10-16/h3-4,7-8,13H,2,5-6,9-11H2,1H3,(H,17,18). The van der Waals surface area contributed by atoms with Gasteiger partial charge in [-0.15, -0.1) is 0 Å². The van der Waals surface area contributed by atoms with E-state index in [1.807, 2.05) is 24.3 Å². The largest absolute Gasteiger partial charge is 0.496 e. The molecule has 0 saturated carbocycles. The molecular weight excluding hydrogens is 242 g/mol. The molecular formula is C15H21NO3. The minimum absolute atomic E-state index is 0.0889. The van der Waals surface area contributed by atoms with Crippen molar-refractivity contribution >= 4 is 5.97 Å². The van der Waals surface area contributed by atoms with E-state index in [2.05, 4.69) is 4.90 Å². The van der Waals surface area contributed by atoms with Gasteiger partial charge in [-0.2, -0.15) is 0 Å². The topological polar surface area (TPSA) is 49.8 Å². The SMILES string of the molecule is COc1ccccc1C(CC(=O)O)N1CCCCC1. The van der Waals surface area contributed by atoms with E-state index >= 15 is 0 Å². The van der Waals surface area contributed by atoms with Crippen LogP contribution in [0, 0.1) is 0 Å². The average molecular weight is 263 g/mol. The number of hydrogen-bond donors (Lipinski definition) is 1. The Labute approximate surface area is 114 Å². The molecule has 0 spiro atoms. The number of benzene rings is 1. The van der Waals surface area contributed by atoms with Crippen LogP contribution in [-0.4, -0.2) is 36.2 Å². The summed E-state index contributed by atoms with van der Waals surface area (Å²) in [6.45, 7) is 1.94. The molecule has 0 aliphatic carbocycles. The number of hydrogen-bond acceptors (Lipinski definition) is 3. The van der Waals surface area contributed by atoms with E-state index in [1.54, 1.807) is 7.11 Å². The van der Waals surface area contributed by atoms with Crippen molar-refractivity contribution < 1.29 is 14.6 Å². The first-order chi connectivity index (χ1) is 9.22. The molecule has 0 amide bonds. The van der Waals surface area contributed by atoms with Gasteiger partial charge in [-0.3, -0.25) is 9.69 Å². The molecule has 19 heavy (non-hydrogen) atoms. The summed E-state index contributed by atoms with van der Waals surface area (Å²) in [7, 11) is 1.63. The van der Waals surface area contributed by atoms with Crippen LogP contribution in [0.2, 0.25) is 0 Å². The maximum atomic E-state index is 11.2. The van der Waals surface area contributed by atoms with Crippen LogP contribution >= 0.6 is 0 Å². The highest BCUT2D eigenvalue weighted by Crippen LogP contribution is 2.33. The summed E-state index contributed by atoms with van der Waals surface area (Å²) in [5.41, 5.74) is 0.981. The van der Waals surface area contributed by atoms with E-state index < -0.39 is 5.97 Å². The Morgan fingerprint density at radius 2 is 2.00 bits per heavy atom. The zero-order chi connectivity index (χ0) is 13.7. The monoisotopic (exact) mass is 263 g/mol. The number of carboxylic acid groups (broad SMARTS) is 1. The molecule has 1 aromatic carbocycles. The predicted molar refractivity (Wildman–Crippen MR) is 73.4 cm³/mol. The third-order valence-corrected chi connectivity index (χ3v) is 3.70. The first kappa shape index (κ1) is 13.9. The van der Waals surface area contributed by atoms with Crippen molar-refractivity contribution in [2.75, 3.05) is 20.2 Å². The molecule has 1 fully saturated rings. The highest BCUT2D eigenvalue weighted by molar-refractivity contribution is 5.68. The maximum absolute atomic E-state index is 11.2. The van der Waals surface area contributed by atoms with E-state index in [-0.39, 0.29) is 12.5 Å². The second kappa shape index (κ2) is 6.57. The van der Waals surface area contributed by atoms with Gasteiger partial charge in [0.15, 0.2) is 0 Å². The van der Waals surface area contributed by atoms with Crippen LogP contribution in [0.1, 0.15) is 37.3 Å². The first-order valence-electron chi connectivity index (χ1n) is 6.81. The Balaban J connectivity index is 2.27. The molecule has 0 aromatic heterocycles. The highest BCUT2D eigenvalue weighted by atomic mass is 16.5. The van der Waals surface area contributed by atoms with Crippen LogP contribution in [0.25, 0.3) is 0 Å². The normalized spacial score (nSPS) is 17.9. The summed E-state index contributed by atoms with van der Waals surface area (Å²) in [5.74, 6) is 0.0146. The summed E-state index contributed by atoms with van der Waals surface area (Å²) in [6, 6.07) is 7.64. The Hall–Kier alpha value is -1.55. The number of rotatable bonds is 5. The molecule has 0 bridgehead atoms. The van der Waals surface area contributed by atoms with Gasteiger partial charge in [0.1, 0.15) is 5.75 Å². The lowest BCUT2D eigenvalue weighted by Crippen LogP contribution is -2.35. The van der Waals surface area contributed by atoms with Gasteiger partial charge in [-0.05, 0) is 32.0 Å². The lowest BCUT2D eigenvalue weighted by Gasteiger charge is -2.34. The molecule has 1 aliphatic heterocycles. The number of carboxylic acids is 1. The molecule has 1 aromatic rings. The van der Waals surface area contributed by atoms with E-state index in [0.717, 1.165) is 37.2 Å². The Morgan fingerprint density at radius 3 is 2.63 bits per heavy atom. The van der Waals surface area contributed by atoms with Gasteiger partial charge in [0, 0.05) is 11.6 Å². The molecule has 1 saturated heterocycles. The number of ether oxygens (including phenoxy) is 1. The molecule has 2 rings (SSSR count). The fourth-order valence-electron chi connectivity index (χ4n) is 2.77. The van der Waals surface area contributed by atoms with Crippen molar-refractivity contribution in [2.45, 2.75) is 31.7 Å². The van der Waals surface area contributed by atoms with Gasteiger partial charge in [0.2, 0.25) is 0 Å². The first-order valence-corrected chi connectivity index (χ1v) is 6.81. The van der Waals surface area contributed by atoms with Crippen molar-refractivity contribution in [3.05, 3.63) is 29.8 Å². The maximum Gasteiger partial charge on any atom is 0.305 e. The van der Waals surface area contributed by atoms with E-state index in [0.29, 0.717) is 0 Å². The molecule has 4 nitrogen and oxygen atoms in total. The van der Waals surface area contributed by atoms with Crippen molar-refractivity contribution in [2.24, 2.45) is 0 Å². The van der Waals surface area contributed by atoms with Gasteiger partial charge < -0.3 is 9.84 Å². The highest BCUT2D eigenvalue weighted by Gasteiger charge is 2.26. The van der Waals surface area contributed by atoms with Crippen LogP contribution in [-0.2, 0) is 4.79 Å². The second-order valence-corrected chi connectivity index (χ2v) is 4.95. The number of methoxy groups -OCH3 is 1. The number of carbonyl (C=O) groups is 1. The van der Waals surface area contributed by atoms with Crippen LogP contribution in [0.4, 0.5) is 0 Å². The van der Waals surface area contributed by atoms with Crippen molar-refractivity contribution in [3.63, 3.8) is 0 Å². The van der Waals surface area contributed by atoms with E-state index in [4.69, 9.17) is 4.74 Å². The Morgan fingerprint density at radius 1 is 1.32 bits per heavy atom. The minimum Gasteiger partial charge on any atom is -0.496 e. The minimum atomic E-state index is -0.763. The molecule has 1 unspecified atom stereocenters. The lowest BCUT2D eigenvalue weighted by molar-refractivity contribution is -0.138. The third kappa shape index (κ3) is 3.47. The fourth-order valence-corrected chi connectivity index (χ4v) is 2.77. The zero-order valence-electron chi connectivity index (χ0n) is 11.3. The fraction of sp³-hybridized carbons (Fsp3) is 0.533. The Kier molecular flexibility index (Phi) is 4.80. The molecule has 4 heteroatoms. The van der Waals surface area contributed by atoms with Crippen molar-refractivity contribution in [3.8, 4) is 5.75 Å². The summed E-state index contributed by atoms with van der Waals surface area (Å²) in [4.78, 5) is 13.4. The van der Waals surface area contributed by atoms with Crippen molar-refractivity contribution in [1.82, 2.24) is 4.90 Å². The van der Waals surface area contributed by atoms with Crippen LogP contribution in [0.5, 0.6) is 5.75 Å². The Bertz CT molecular complexity index is 427. The summed E-state index contributed by atoms with van der Waals surface area (Å²) >= 11 is 0. The van der Waals surface area contributed by atoms with Crippen LogP contribution in [0.15, 0.2) is 24.3 Å². The molecule has 1 N–H and O–H groups in total. The second-order valence-electron chi connectivity index (χ2n) is 4.95. The zero-order valence-corrected chi connectivity index (χ0v) is 11.3. The van der Waals surface area contributed by atoms with Gasteiger partial charge in [-0.25, -0.2) is 0 Å². The smallest absolute Gasteiger partial charge is 0.305 e. The summed E-state index contributed by atoms with van der Waals surface area (Å²) in [6.07, 6.45) is 3.65. The van der Waals surface area contributed by atoms with Gasteiger partial charge in [-0.1, -0.05) is 24.6 Å². The van der Waals surface area contributed by atoms with Crippen molar-refractivity contribution in [1.29, 1.82) is 0 Å². The molecule has 104 valence electrons. The predicted octanol–water partition coefficient (Wildman–Crippen LogP) is 2.70. The van der Waals surface area contributed by atoms with Crippen LogP contribution < -0.4 is 4.74 Å². The lowest BCUT2D eigenvalue weighted by atomic mass is 9.98. The number of piperidine rings is 1. The molecule has 1 aliphatic rings. The third-order valence-electron chi connectivity index (χ3n) is 3.70. The number of para-hydroxylation sites is 1. The van der Waals surface area contributed by atoms with Gasteiger partial charge >= 0.3 is 5.97 Å². The quantitative estimate of drug-likeness (QED) is 0.887. The summed E-state index contributed by atoms with van der Waals surface area (Å²) < 4.78 is 5.38. The van der Waals surface area contributed by atoms with Gasteiger partial charge in [0.25, 0.3) is 0 Å². The average Bonchev–Trinajstić information content (AvgIpc) is 2.45. The van der Waals surface area contributed by atoms with Crippen LogP contribution in [0.3, 0.4) is 0 Å².